The second-order valence-corrected chi connectivity index (χ2v) is 8.31. The van der Waals surface area contributed by atoms with Crippen molar-refractivity contribution in [2.24, 2.45) is 0 Å². The van der Waals surface area contributed by atoms with Gasteiger partial charge >= 0.3 is 0 Å². The van der Waals surface area contributed by atoms with Crippen molar-refractivity contribution in [3.8, 4) is 0 Å². The molecule has 2 aromatic carbocycles. The number of hydrogen-bond acceptors (Lipinski definition) is 4. The van der Waals surface area contributed by atoms with Crippen LogP contribution in [0.25, 0.3) is 0 Å². The molecule has 1 atom stereocenters. The van der Waals surface area contributed by atoms with Gasteiger partial charge in [-0.3, -0.25) is 9.52 Å². The number of nitrogens with one attached hydrogen (secondary N) is 2. The third-order valence-electron chi connectivity index (χ3n) is 4.30. The van der Waals surface area contributed by atoms with E-state index in [4.69, 9.17) is 4.42 Å². The maximum absolute atomic E-state index is 13.0. The van der Waals surface area contributed by atoms with Gasteiger partial charge in [-0.1, -0.05) is 0 Å². The van der Waals surface area contributed by atoms with E-state index in [9.17, 15) is 17.6 Å². The predicted octanol–water partition coefficient (Wildman–Crippen LogP) is 3.97. The Bertz CT molecular complexity index is 1050. The van der Waals surface area contributed by atoms with E-state index in [1.165, 1.54) is 36.4 Å². The Morgan fingerprint density at radius 1 is 1.07 bits per heavy atom. The molecule has 3 aromatic rings. The van der Waals surface area contributed by atoms with Gasteiger partial charge in [-0.2, -0.15) is 0 Å². The van der Waals surface area contributed by atoms with Gasteiger partial charge in [0.2, 0.25) is 0 Å². The summed E-state index contributed by atoms with van der Waals surface area (Å²) in [6, 6.07) is 14.3. The SMILES string of the molecule is CC(CCc1ccco1)NC(=O)c1ccc(NS(=O)(=O)c2ccc(F)cc2)cc1. The highest BCUT2D eigenvalue weighted by Gasteiger charge is 2.15. The zero-order valence-corrected chi connectivity index (χ0v) is 16.6. The molecule has 0 saturated heterocycles. The Kier molecular flexibility index (Phi) is 6.33. The molecule has 1 heterocycles. The summed E-state index contributed by atoms with van der Waals surface area (Å²) in [6.45, 7) is 1.91. The lowest BCUT2D eigenvalue weighted by atomic mass is 10.1. The molecule has 1 unspecified atom stereocenters. The third-order valence-corrected chi connectivity index (χ3v) is 5.70. The van der Waals surface area contributed by atoms with Crippen molar-refractivity contribution in [2.45, 2.75) is 30.7 Å². The highest BCUT2D eigenvalue weighted by molar-refractivity contribution is 7.92. The van der Waals surface area contributed by atoms with Crippen molar-refractivity contribution in [2.75, 3.05) is 4.72 Å². The minimum atomic E-state index is -3.84. The van der Waals surface area contributed by atoms with Gasteiger partial charge in [-0.15, -0.1) is 0 Å². The summed E-state index contributed by atoms with van der Waals surface area (Å²) in [7, 11) is -3.84. The second-order valence-electron chi connectivity index (χ2n) is 6.63. The van der Waals surface area contributed by atoms with E-state index < -0.39 is 15.8 Å². The first-order chi connectivity index (χ1) is 13.8. The number of aryl methyl sites for hydroxylation is 1. The minimum Gasteiger partial charge on any atom is -0.469 e. The highest BCUT2D eigenvalue weighted by Crippen LogP contribution is 2.17. The maximum atomic E-state index is 13.0. The molecule has 0 radical (unpaired) electrons. The number of halogens is 1. The summed E-state index contributed by atoms with van der Waals surface area (Å²) in [5.74, 6) is 0.103. The van der Waals surface area contributed by atoms with Crippen LogP contribution in [0.2, 0.25) is 0 Å². The third kappa shape index (κ3) is 5.68. The van der Waals surface area contributed by atoms with Crippen LogP contribution in [-0.2, 0) is 16.4 Å². The Labute approximate surface area is 168 Å². The van der Waals surface area contributed by atoms with Crippen LogP contribution in [0.4, 0.5) is 10.1 Å². The molecule has 0 fully saturated rings. The van der Waals surface area contributed by atoms with Gasteiger partial charge < -0.3 is 9.73 Å². The fraction of sp³-hybridized carbons (Fsp3) is 0.190. The zero-order chi connectivity index (χ0) is 20.9. The molecule has 6 nitrogen and oxygen atoms in total. The number of furan rings is 1. The molecule has 152 valence electrons. The van der Waals surface area contributed by atoms with E-state index in [0.29, 0.717) is 11.3 Å². The lowest BCUT2D eigenvalue weighted by Crippen LogP contribution is -2.32. The summed E-state index contributed by atoms with van der Waals surface area (Å²) in [6.07, 6.45) is 3.07. The Morgan fingerprint density at radius 2 is 1.76 bits per heavy atom. The molecule has 0 aliphatic rings. The van der Waals surface area contributed by atoms with Gasteiger partial charge in [0, 0.05) is 23.7 Å². The number of sulfonamides is 1. The van der Waals surface area contributed by atoms with Crippen LogP contribution >= 0.6 is 0 Å². The molecule has 2 N–H and O–H groups in total. The normalized spacial score (nSPS) is 12.3. The van der Waals surface area contributed by atoms with Gasteiger partial charge in [-0.25, -0.2) is 12.8 Å². The molecule has 29 heavy (non-hydrogen) atoms. The average Bonchev–Trinajstić information content (AvgIpc) is 3.20. The molecule has 0 aliphatic heterocycles. The van der Waals surface area contributed by atoms with Crippen LogP contribution in [0.15, 0.2) is 76.2 Å². The van der Waals surface area contributed by atoms with E-state index >= 15 is 0 Å². The number of anilines is 1. The Morgan fingerprint density at radius 3 is 2.38 bits per heavy atom. The van der Waals surface area contributed by atoms with Gasteiger partial charge in [0.1, 0.15) is 11.6 Å². The van der Waals surface area contributed by atoms with Crippen LogP contribution < -0.4 is 10.0 Å². The number of hydrogen-bond donors (Lipinski definition) is 2. The van der Waals surface area contributed by atoms with Crippen LogP contribution in [-0.4, -0.2) is 20.4 Å². The van der Waals surface area contributed by atoms with Crippen molar-refractivity contribution in [3.63, 3.8) is 0 Å². The van der Waals surface area contributed by atoms with Crippen LogP contribution in [0.5, 0.6) is 0 Å². The maximum Gasteiger partial charge on any atom is 0.261 e. The molecule has 1 aromatic heterocycles. The summed E-state index contributed by atoms with van der Waals surface area (Å²) >= 11 is 0. The molecule has 0 spiro atoms. The summed E-state index contributed by atoms with van der Waals surface area (Å²) in [4.78, 5) is 12.3. The average molecular weight is 416 g/mol. The number of benzene rings is 2. The van der Waals surface area contributed by atoms with Crippen molar-refractivity contribution in [3.05, 3.63) is 84.1 Å². The minimum absolute atomic E-state index is 0.0499. The molecule has 8 heteroatoms. The molecular weight excluding hydrogens is 395 g/mol. The molecular formula is C21H21FN2O4S. The molecule has 3 rings (SSSR count). The first-order valence-electron chi connectivity index (χ1n) is 9.05. The quantitative estimate of drug-likeness (QED) is 0.582. The topological polar surface area (TPSA) is 88.4 Å². The fourth-order valence-electron chi connectivity index (χ4n) is 2.71. The molecule has 1 amide bonds. The predicted molar refractivity (Wildman–Crippen MR) is 108 cm³/mol. The molecule has 0 aliphatic carbocycles. The van der Waals surface area contributed by atoms with Crippen LogP contribution in [0, 0.1) is 5.82 Å². The lowest BCUT2D eigenvalue weighted by Gasteiger charge is -2.14. The van der Waals surface area contributed by atoms with Gasteiger partial charge in [-0.05, 0) is 74.0 Å². The van der Waals surface area contributed by atoms with Gasteiger partial charge in [0.15, 0.2) is 0 Å². The van der Waals surface area contributed by atoms with Crippen molar-refractivity contribution >= 4 is 21.6 Å². The van der Waals surface area contributed by atoms with E-state index in [-0.39, 0.29) is 16.8 Å². The number of amides is 1. The highest BCUT2D eigenvalue weighted by atomic mass is 32.2. The standard InChI is InChI=1S/C21H21FN2O4S/c1-15(4-11-19-3-2-14-28-19)23-21(25)16-5-9-18(10-6-16)24-29(26,27)20-12-7-17(22)8-13-20/h2-3,5-10,12-15,24H,4,11H2,1H3,(H,23,25). The summed E-state index contributed by atoms with van der Waals surface area (Å²) in [5, 5.41) is 2.90. The molecule has 0 saturated carbocycles. The van der Waals surface area contributed by atoms with Crippen LogP contribution in [0.3, 0.4) is 0 Å². The van der Waals surface area contributed by atoms with Gasteiger partial charge in [0.05, 0.1) is 11.2 Å². The van der Waals surface area contributed by atoms with Crippen LogP contribution in [0.1, 0.15) is 29.5 Å². The van der Waals surface area contributed by atoms with Crippen molar-refractivity contribution in [1.82, 2.24) is 5.32 Å². The number of rotatable bonds is 8. The zero-order valence-electron chi connectivity index (χ0n) is 15.8. The first-order valence-corrected chi connectivity index (χ1v) is 10.5. The second kappa shape index (κ2) is 8.91. The largest absolute Gasteiger partial charge is 0.469 e. The molecule has 0 bridgehead atoms. The number of carbonyl (C=O) groups is 1. The van der Waals surface area contributed by atoms with Crippen molar-refractivity contribution in [1.29, 1.82) is 0 Å². The Hall–Kier alpha value is -3.13. The lowest BCUT2D eigenvalue weighted by molar-refractivity contribution is 0.0938. The monoisotopic (exact) mass is 416 g/mol. The van der Waals surface area contributed by atoms with Crippen molar-refractivity contribution < 1.29 is 22.0 Å². The van der Waals surface area contributed by atoms with E-state index in [2.05, 4.69) is 10.0 Å². The summed E-state index contributed by atoms with van der Waals surface area (Å²) in [5.41, 5.74) is 0.719. The number of carbonyl (C=O) groups excluding carboxylic acids is 1. The fourth-order valence-corrected chi connectivity index (χ4v) is 3.77. The van der Waals surface area contributed by atoms with E-state index in [1.807, 2.05) is 19.1 Å². The van der Waals surface area contributed by atoms with Gasteiger partial charge in [0.25, 0.3) is 15.9 Å². The smallest absolute Gasteiger partial charge is 0.261 e. The van der Waals surface area contributed by atoms with E-state index in [0.717, 1.165) is 30.7 Å². The summed E-state index contributed by atoms with van der Waals surface area (Å²) < 4.78 is 45.3. The Balaban J connectivity index is 1.57. The van der Waals surface area contributed by atoms with E-state index in [1.54, 1.807) is 6.26 Å². The first kappa shape index (κ1) is 20.6.